The van der Waals surface area contributed by atoms with E-state index in [0.29, 0.717) is 23.5 Å². The molecule has 2 aromatic carbocycles. The maximum atomic E-state index is 12.4. The minimum absolute atomic E-state index is 0.000659. The molecule has 0 saturated carbocycles. The number of fused-ring (bicyclic) bond motifs is 1. The van der Waals surface area contributed by atoms with Crippen molar-refractivity contribution in [3.05, 3.63) is 65.4 Å². The Balaban J connectivity index is 1.71. The molecule has 0 radical (unpaired) electrons. The summed E-state index contributed by atoms with van der Waals surface area (Å²) in [6, 6.07) is 14.7. The monoisotopic (exact) mass is 417 g/mol. The molecule has 154 valence electrons. The van der Waals surface area contributed by atoms with Crippen LogP contribution in [0.4, 0.5) is 0 Å². The molecule has 3 rings (SSSR count). The SMILES string of the molecule is COC(=O)COc1cccc2c(CNS(=O)(=O)CCc3ccccc3)c(C)oc12. The first-order chi connectivity index (χ1) is 13.9. The number of para-hydroxylation sites is 1. The van der Waals surface area contributed by atoms with Crippen molar-refractivity contribution in [2.45, 2.75) is 19.9 Å². The molecule has 0 bridgehead atoms. The van der Waals surface area contributed by atoms with E-state index in [-0.39, 0.29) is 18.9 Å². The molecular weight excluding hydrogens is 394 g/mol. The van der Waals surface area contributed by atoms with Gasteiger partial charge in [0, 0.05) is 17.5 Å². The highest BCUT2D eigenvalue weighted by Gasteiger charge is 2.18. The summed E-state index contributed by atoms with van der Waals surface area (Å²) in [7, 11) is -2.18. The maximum Gasteiger partial charge on any atom is 0.343 e. The van der Waals surface area contributed by atoms with Gasteiger partial charge in [0.25, 0.3) is 0 Å². The summed E-state index contributed by atoms with van der Waals surface area (Å²) in [5.74, 6) is 0.477. The van der Waals surface area contributed by atoms with Gasteiger partial charge in [-0.3, -0.25) is 0 Å². The molecule has 0 atom stereocenters. The number of hydrogen-bond acceptors (Lipinski definition) is 6. The average Bonchev–Trinajstić information content (AvgIpc) is 3.05. The molecule has 0 unspecified atom stereocenters. The second-order valence-electron chi connectivity index (χ2n) is 6.51. The highest BCUT2D eigenvalue weighted by molar-refractivity contribution is 7.89. The molecule has 29 heavy (non-hydrogen) atoms. The van der Waals surface area contributed by atoms with Gasteiger partial charge >= 0.3 is 5.97 Å². The van der Waals surface area contributed by atoms with Gasteiger partial charge in [-0.15, -0.1) is 0 Å². The Morgan fingerprint density at radius 3 is 2.59 bits per heavy atom. The Kier molecular flexibility index (Phi) is 6.56. The van der Waals surface area contributed by atoms with Gasteiger partial charge in [-0.25, -0.2) is 17.9 Å². The van der Waals surface area contributed by atoms with E-state index in [2.05, 4.69) is 9.46 Å². The van der Waals surface area contributed by atoms with Crippen molar-refractivity contribution in [2.75, 3.05) is 19.5 Å². The summed E-state index contributed by atoms with van der Waals surface area (Å²) in [6.07, 6.45) is 0.437. The van der Waals surface area contributed by atoms with Gasteiger partial charge in [-0.05, 0) is 25.0 Å². The number of hydrogen-bond donors (Lipinski definition) is 1. The van der Waals surface area contributed by atoms with E-state index in [1.54, 1.807) is 19.1 Å². The van der Waals surface area contributed by atoms with E-state index in [0.717, 1.165) is 16.5 Å². The Morgan fingerprint density at radius 1 is 1.10 bits per heavy atom. The largest absolute Gasteiger partial charge is 0.478 e. The Bertz CT molecular complexity index is 1090. The standard InChI is InChI=1S/C21H23NO6S/c1-15-18(13-22-29(24,25)12-11-16-7-4-3-5-8-16)17-9-6-10-19(21(17)28-15)27-14-20(23)26-2/h3-10,22H,11-14H2,1-2H3. The van der Waals surface area contributed by atoms with Crippen LogP contribution in [0.3, 0.4) is 0 Å². The summed E-state index contributed by atoms with van der Waals surface area (Å²) in [5.41, 5.74) is 2.16. The zero-order valence-corrected chi connectivity index (χ0v) is 17.1. The molecule has 1 heterocycles. The third-order valence-electron chi connectivity index (χ3n) is 4.53. The number of rotatable bonds is 9. The number of sulfonamides is 1. The lowest BCUT2D eigenvalue weighted by Crippen LogP contribution is -2.27. The predicted molar refractivity (Wildman–Crippen MR) is 109 cm³/mol. The summed E-state index contributed by atoms with van der Waals surface area (Å²) in [5, 5.41) is 0.732. The smallest absolute Gasteiger partial charge is 0.343 e. The quantitative estimate of drug-likeness (QED) is 0.538. The Morgan fingerprint density at radius 2 is 1.86 bits per heavy atom. The van der Waals surface area contributed by atoms with Crippen LogP contribution in [0.15, 0.2) is 52.9 Å². The second kappa shape index (κ2) is 9.11. The van der Waals surface area contributed by atoms with E-state index in [4.69, 9.17) is 9.15 Å². The summed E-state index contributed by atoms with van der Waals surface area (Å²) >= 11 is 0. The molecule has 0 spiro atoms. The summed E-state index contributed by atoms with van der Waals surface area (Å²) < 4.78 is 43.3. The van der Waals surface area contributed by atoms with Crippen molar-refractivity contribution in [3.8, 4) is 5.75 Å². The highest BCUT2D eigenvalue weighted by atomic mass is 32.2. The third-order valence-corrected chi connectivity index (χ3v) is 5.85. The molecule has 0 fully saturated rings. The van der Waals surface area contributed by atoms with Crippen molar-refractivity contribution >= 4 is 27.0 Å². The van der Waals surface area contributed by atoms with Gasteiger partial charge in [0.1, 0.15) is 5.76 Å². The first-order valence-electron chi connectivity index (χ1n) is 9.11. The van der Waals surface area contributed by atoms with E-state index in [1.807, 2.05) is 36.4 Å². The van der Waals surface area contributed by atoms with Crippen molar-refractivity contribution in [2.24, 2.45) is 0 Å². The number of benzene rings is 2. The van der Waals surface area contributed by atoms with E-state index >= 15 is 0 Å². The molecule has 0 saturated heterocycles. The number of methoxy groups -OCH3 is 1. The van der Waals surface area contributed by atoms with Gasteiger partial charge in [0.15, 0.2) is 17.9 Å². The fraction of sp³-hybridized carbons (Fsp3) is 0.286. The third kappa shape index (κ3) is 5.36. The van der Waals surface area contributed by atoms with Gasteiger partial charge in [-0.1, -0.05) is 42.5 Å². The minimum Gasteiger partial charge on any atom is -0.478 e. The lowest BCUT2D eigenvalue weighted by molar-refractivity contribution is -0.142. The normalized spacial score (nSPS) is 11.5. The number of aryl methyl sites for hydroxylation is 2. The summed E-state index contributed by atoms with van der Waals surface area (Å²) in [6.45, 7) is 1.63. The fourth-order valence-electron chi connectivity index (χ4n) is 2.94. The fourth-order valence-corrected chi connectivity index (χ4v) is 3.96. The van der Waals surface area contributed by atoms with Crippen LogP contribution in [0.1, 0.15) is 16.9 Å². The average molecular weight is 417 g/mol. The Labute approximate surface area is 169 Å². The number of furan rings is 1. The molecule has 0 aliphatic rings. The van der Waals surface area contributed by atoms with Crippen LogP contribution in [-0.2, 0) is 32.5 Å². The van der Waals surface area contributed by atoms with Crippen molar-refractivity contribution in [1.29, 1.82) is 0 Å². The van der Waals surface area contributed by atoms with Crippen molar-refractivity contribution < 1.29 is 27.1 Å². The molecule has 1 N–H and O–H groups in total. The van der Waals surface area contributed by atoms with E-state index in [1.165, 1.54) is 7.11 Å². The molecule has 0 aliphatic carbocycles. The second-order valence-corrected chi connectivity index (χ2v) is 8.44. The lowest BCUT2D eigenvalue weighted by Gasteiger charge is -2.07. The van der Waals surface area contributed by atoms with Crippen LogP contribution in [0, 0.1) is 6.92 Å². The summed E-state index contributed by atoms with van der Waals surface area (Å²) in [4.78, 5) is 11.3. The van der Waals surface area contributed by atoms with Crippen LogP contribution in [0.25, 0.3) is 11.0 Å². The van der Waals surface area contributed by atoms with Crippen LogP contribution in [0.5, 0.6) is 5.75 Å². The van der Waals surface area contributed by atoms with Crippen LogP contribution in [-0.4, -0.2) is 33.9 Å². The van der Waals surface area contributed by atoms with E-state index < -0.39 is 16.0 Å². The van der Waals surface area contributed by atoms with Crippen LogP contribution in [0.2, 0.25) is 0 Å². The maximum absolute atomic E-state index is 12.4. The van der Waals surface area contributed by atoms with Gasteiger partial charge < -0.3 is 13.9 Å². The minimum atomic E-state index is -3.46. The van der Waals surface area contributed by atoms with Gasteiger partial charge in [0.2, 0.25) is 10.0 Å². The Hall–Kier alpha value is -2.84. The molecule has 7 nitrogen and oxygen atoms in total. The van der Waals surface area contributed by atoms with Gasteiger partial charge in [-0.2, -0.15) is 0 Å². The van der Waals surface area contributed by atoms with Gasteiger partial charge in [0.05, 0.1) is 12.9 Å². The number of carbonyl (C=O) groups excluding carboxylic acids is 1. The highest BCUT2D eigenvalue weighted by Crippen LogP contribution is 2.32. The van der Waals surface area contributed by atoms with Crippen LogP contribution >= 0.6 is 0 Å². The number of esters is 1. The van der Waals surface area contributed by atoms with Crippen molar-refractivity contribution in [1.82, 2.24) is 4.72 Å². The number of ether oxygens (including phenoxy) is 2. The van der Waals surface area contributed by atoms with E-state index in [9.17, 15) is 13.2 Å². The first-order valence-corrected chi connectivity index (χ1v) is 10.8. The molecule has 8 heteroatoms. The molecule has 0 amide bonds. The van der Waals surface area contributed by atoms with Crippen LogP contribution < -0.4 is 9.46 Å². The topological polar surface area (TPSA) is 94.8 Å². The lowest BCUT2D eigenvalue weighted by atomic mass is 10.1. The molecular formula is C21H23NO6S. The molecule has 1 aromatic heterocycles. The number of nitrogens with one attached hydrogen (secondary N) is 1. The molecule has 3 aromatic rings. The van der Waals surface area contributed by atoms with Crippen molar-refractivity contribution in [3.63, 3.8) is 0 Å². The zero-order chi connectivity index (χ0) is 20.9. The molecule has 0 aliphatic heterocycles. The first kappa shape index (κ1) is 20.9. The number of carbonyl (C=O) groups is 1. The predicted octanol–water partition coefficient (Wildman–Crippen LogP) is 2.96. The zero-order valence-electron chi connectivity index (χ0n) is 16.3.